The summed E-state index contributed by atoms with van der Waals surface area (Å²) in [6.45, 7) is 0.488. The van der Waals surface area contributed by atoms with Crippen LogP contribution in [0, 0.1) is 11.6 Å². The number of nitrogens with zero attached hydrogens (tertiary/aromatic N) is 1. The second-order valence-corrected chi connectivity index (χ2v) is 5.47. The Labute approximate surface area is 104 Å². The number of hydrogen-bond acceptors (Lipinski definition) is 5. The Hall–Kier alpha value is -1.48. The van der Waals surface area contributed by atoms with Crippen molar-refractivity contribution in [2.24, 2.45) is 0 Å². The van der Waals surface area contributed by atoms with Crippen molar-refractivity contribution in [3.8, 4) is 0 Å². The molecule has 102 valence electrons. The minimum Gasteiger partial charge on any atom is -0.381 e. The lowest BCUT2D eigenvalue weighted by Gasteiger charge is -2.08. The number of rotatable bonds is 6. The Morgan fingerprint density at radius 1 is 1.33 bits per heavy atom. The maximum Gasteiger partial charge on any atom is 0.208 e. The number of nitrogens with one attached hydrogen (secondary N) is 2. The Kier molecular flexibility index (Phi) is 4.79. The second-order valence-electron chi connectivity index (χ2n) is 3.63. The van der Waals surface area contributed by atoms with Crippen LogP contribution < -0.4 is 15.8 Å². The van der Waals surface area contributed by atoms with Crippen LogP contribution in [-0.4, -0.2) is 32.7 Å². The summed E-state index contributed by atoms with van der Waals surface area (Å²) < 4.78 is 49.8. The monoisotopic (exact) mass is 280 g/mol. The molecule has 0 saturated carbocycles. The van der Waals surface area contributed by atoms with Crippen LogP contribution in [0.3, 0.4) is 0 Å². The van der Waals surface area contributed by atoms with Gasteiger partial charge in [-0.1, -0.05) is 0 Å². The van der Waals surface area contributed by atoms with Crippen LogP contribution in [0.15, 0.2) is 6.07 Å². The molecule has 0 bridgehead atoms. The van der Waals surface area contributed by atoms with E-state index in [9.17, 15) is 17.2 Å². The van der Waals surface area contributed by atoms with Crippen LogP contribution in [0.25, 0.3) is 0 Å². The lowest BCUT2D eigenvalue weighted by molar-refractivity contribution is 0.577. The number of nitrogens with two attached hydrogens (primary N) is 1. The predicted octanol–water partition coefficient (Wildman–Crippen LogP) is 0.293. The lowest BCUT2D eigenvalue weighted by atomic mass is 10.3. The fraction of sp³-hybridized carbons (Fsp3) is 0.444. The summed E-state index contributed by atoms with van der Waals surface area (Å²) in [6, 6.07) is 0.638. The van der Waals surface area contributed by atoms with E-state index in [0.717, 1.165) is 6.26 Å². The van der Waals surface area contributed by atoms with Gasteiger partial charge in [0.15, 0.2) is 23.3 Å². The molecule has 0 aliphatic rings. The quantitative estimate of drug-likeness (QED) is 0.651. The van der Waals surface area contributed by atoms with Crippen LogP contribution in [0.2, 0.25) is 0 Å². The molecular formula is C9H14F2N4O2S. The highest BCUT2D eigenvalue weighted by Crippen LogP contribution is 2.16. The van der Waals surface area contributed by atoms with E-state index in [1.807, 2.05) is 0 Å². The van der Waals surface area contributed by atoms with Crippen molar-refractivity contribution < 1.29 is 17.2 Å². The van der Waals surface area contributed by atoms with E-state index in [2.05, 4.69) is 15.0 Å². The molecule has 0 aromatic carbocycles. The number of sulfonamides is 1. The maximum atomic E-state index is 13.2. The molecule has 0 aliphatic heterocycles. The van der Waals surface area contributed by atoms with E-state index in [0.29, 0.717) is 12.5 Å². The molecule has 1 heterocycles. The first-order valence-electron chi connectivity index (χ1n) is 5.09. The third kappa shape index (κ3) is 4.80. The van der Waals surface area contributed by atoms with Crippen LogP contribution >= 0.6 is 0 Å². The minimum atomic E-state index is -3.23. The zero-order chi connectivity index (χ0) is 13.8. The molecule has 0 atom stereocenters. The van der Waals surface area contributed by atoms with Crippen LogP contribution in [0.1, 0.15) is 6.42 Å². The normalized spacial score (nSPS) is 11.5. The van der Waals surface area contributed by atoms with Crippen molar-refractivity contribution in [2.75, 3.05) is 30.4 Å². The molecule has 9 heteroatoms. The van der Waals surface area contributed by atoms with Crippen molar-refractivity contribution >= 4 is 21.7 Å². The van der Waals surface area contributed by atoms with Gasteiger partial charge < -0.3 is 11.1 Å². The van der Waals surface area contributed by atoms with E-state index < -0.39 is 27.5 Å². The van der Waals surface area contributed by atoms with Crippen molar-refractivity contribution in [1.29, 1.82) is 0 Å². The summed E-state index contributed by atoms with van der Waals surface area (Å²) >= 11 is 0. The van der Waals surface area contributed by atoms with Gasteiger partial charge in [-0.2, -0.15) is 0 Å². The fourth-order valence-corrected chi connectivity index (χ4v) is 1.67. The number of halogens is 2. The third-order valence-electron chi connectivity index (χ3n) is 1.97. The average molecular weight is 280 g/mol. The Bertz CT molecular complexity index is 522. The standard InChI is InChI=1S/C9H14F2N4O2S/c1-18(16,17)14-4-2-3-13-9-7(11)5-6(10)8(12)15-9/h5,14H,2-4H2,1H3,(H3,12,13,15). The first-order valence-corrected chi connectivity index (χ1v) is 6.99. The highest BCUT2D eigenvalue weighted by atomic mass is 32.2. The summed E-state index contributed by atoms with van der Waals surface area (Å²) in [5.74, 6) is -2.32. The van der Waals surface area contributed by atoms with E-state index in [1.54, 1.807) is 0 Å². The van der Waals surface area contributed by atoms with Crippen LogP contribution in [-0.2, 0) is 10.0 Å². The molecule has 0 radical (unpaired) electrons. The number of anilines is 2. The zero-order valence-corrected chi connectivity index (χ0v) is 10.5. The van der Waals surface area contributed by atoms with Gasteiger partial charge in [-0.25, -0.2) is 26.9 Å². The minimum absolute atomic E-state index is 0.159. The van der Waals surface area contributed by atoms with E-state index in [4.69, 9.17) is 5.73 Å². The lowest BCUT2D eigenvalue weighted by Crippen LogP contribution is -2.24. The summed E-state index contributed by atoms with van der Waals surface area (Å²) in [5, 5.41) is 2.60. The van der Waals surface area contributed by atoms with Gasteiger partial charge in [0.05, 0.1) is 6.26 Å². The molecule has 0 aliphatic carbocycles. The predicted molar refractivity (Wildman–Crippen MR) is 64.5 cm³/mol. The molecular weight excluding hydrogens is 266 g/mol. The van der Waals surface area contributed by atoms with Gasteiger partial charge in [-0.05, 0) is 6.42 Å². The van der Waals surface area contributed by atoms with Gasteiger partial charge in [0.1, 0.15) is 0 Å². The van der Waals surface area contributed by atoms with Gasteiger partial charge >= 0.3 is 0 Å². The van der Waals surface area contributed by atoms with Crippen molar-refractivity contribution in [1.82, 2.24) is 9.71 Å². The number of pyridine rings is 1. The summed E-state index contributed by atoms with van der Waals surface area (Å²) in [5.41, 5.74) is 5.19. The molecule has 6 nitrogen and oxygen atoms in total. The van der Waals surface area contributed by atoms with Crippen LogP contribution in [0.5, 0.6) is 0 Å². The van der Waals surface area contributed by atoms with Crippen LogP contribution in [0.4, 0.5) is 20.4 Å². The highest BCUT2D eigenvalue weighted by molar-refractivity contribution is 7.88. The molecule has 1 rings (SSSR count). The number of aromatic nitrogens is 1. The molecule has 0 fully saturated rings. The number of hydrogen-bond donors (Lipinski definition) is 3. The largest absolute Gasteiger partial charge is 0.381 e. The molecule has 4 N–H and O–H groups in total. The van der Waals surface area contributed by atoms with E-state index in [-0.39, 0.29) is 18.9 Å². The molecule has 1 aromatic rings. The van der Waals surface area contributed by atoms with Crippen molar-refractivity contribution in [3.05, 3.63) is 17.7 Å². The van der Waals surface area contributed by atoms with E-state index >= 15 is 0 Å². The Morgan fingerprint density at radius 2 is 2.00 bits per heavy atom. The first kappa shape index (κ1) is 14.6. The average Bonchev–Trinajstić information content (AvgIpc) is 2.23. The molecule has 1 aromatic heterocycles. The van der Waals surface area contributed by atoms with Crippen molar-refractivity contribution in [3.63, 3.8) is 0 Å². The summed E-state index contributed by atoms with van der Waals surface area (Å²) in [6.07, 6.45) is 1.47. The molecule has 0 spiro atoms. The molecule has 0 unspecified atom stereocenters. The fourth-order valence-electron chi connectivity index (χ4n) is 1.16. The molecule has 0 saturated heterocycles. The molecule has 0 amide bonds. The Balaban J connectivity index is 2.43. The SMILES string of the molecule is CS(=O)(=O)NCCCNc1nc(N)c(F)cc1F. The topological polar surface area (TPSA) is 97.1 Å². The number of nitrogen functional groups attached to an aromatic ring is 1. The van der Waals surface area contributed by atoms with E-state index in [1.165, 1.54) is 0 Å². The first-order chi connectivity index (χ1) is 8.29. The smallest absolute Gasteiger partial charge is 0.208 e. The van der Waals surface area contributed by atoms with Gasteiger partial charge in [0.2, 0.25) is 10.0 Å². The summed E-state index contributed by atoms with van der Waals surface area (Å²) in [7, 11) is -3.23. The Morgan fingerprint density at radius 3 is 2.61 bits per heavy atom. The van der Waals surface area contributed by atoms with Gasteiger partial charge in [-0.15, -0.1) is 0 Å². The summed E-state index contributed by atoms with van der Waals surface area (Å²) in [4.78, 5) is 3.50. The second kappa shape index (κ2) is 5.91. The maximum absolute atomic E-state index is 13.2. The zero-order valence-electron chi connectivity index (χ0n) is 9.70. The molecule has 18 heavy (non-hydrogen) atoms. The van der Waals surface area contributed by atoms with Crippen molar-refractivity contribution in [2.45, 2.75) is 6.42 Å². The van der Waals surface area contributed by atoms with Gasteiger partial charge in [-0.3, -0.25) is 0 Å². The van der Waals surface area contributed by atoms with Gasteiger partial charge in [0.25, 0.3) is 0 Å². The third-order valence-corrected chi connectivity index (χ3v) is 2.70. The highest BCUT2D eigenvalue weighted by Gasteiger charge is 2.08. The van der Waals surface area contributed by atoms with Gasteiger partial charge in [0, 0.05) is 19.2 Å².